The lowest BCUT2D eigenvalue weighted by Crippen LogP contribution is -2.42. The number of nitrogens with one attached hydrogen (secondary N) is 1. The van der Waals surface area contributed by atoms with Crippen LogP contribution < -0.4 is 9.62 Å². The van der Waals surface area contributed by atoms with Gasteiger partial charge in [-0.1, -0.05) is 79.5 Å². The fraction of sp³-hybridized carbons (Fsp3) is 0.296. The van der Waals surface area contributed by atoms with Crippen molar-refractivity contribution in [2.75, 3.05) is 10.8 Å². The second kappa shape index (κ2) is 11.1. The third-order valence-electron chi connectivity index (χ3n) is 5.58. The fourth-order valence-electron chi connectivity index (χ4n) is 3.69. The van der Waals surface area contributed by atoms with Crippen molar-refractivity contribution >= 4 is 33.2 Å². The second-order valence-corrected chi connectivity index (χ2v) is 11.2. The summed E-state index contributed by atoms with van der Waals surface area (Å²) in [6.45, 7) is 7.54. The van der Waals surface area contributed by atoms with Crippen LogP contribution in [0.2, 0.25) is 5.02 Å². The van der Waals surface area contributed by atoms with Crippen LogP contribution in [0.3, 0.4) is 0 Å². The van der Waals surface area contributed by atoms with Crippen LogP contribution in [0, 0.1) is 19.8 Å². The SMILES string of the molecule is Cc1ccc(S(=O)(=O)N(CC(=O)N[C@@H](CC(C)C)c2ccccc2)c2ccc(C)c(Cl)c2)cc1. The molecule has 0 unspecified atom stereocenters. The van der Waals surface area contributed by atoms with Crippen molar-refractivity contribution in [2.24, 2.45) is 5.92 Å². The van der Waals surface area contributed by atoms with Crippen molar-refractivity contribution in [1.82, 2.24) is 5.32 Å². The summed E-state index contributed by atoms with van der Waals surface area (Å²) in [5.41, 5.74) is 3.09. The number of anilines is 1. The van der Waals surface area contributed by atoms with Crippen LogP contribution in [0.15, 0.2) is 77.7 Å². The molecule has 1 amide bonds. The van der Waals surface area contributed by atoms with Crippen molar-refractivity contribution < 1.29 is 13.2 Å². The van der Waals surface area contributed by atoms with Crippen LogP contribution in [0.1, 0.15) is 43.0 Å². The Bertz CT molecular complexity index is 1230. The Morgan fingerprint density at radius 1 is 0.971 bits per heavy atom. The number of nitrogens with zero attached hydrogens (tertiary/aromatic N) is 1. The molecule has 0 fully saturated rings. The van der Waals surface area contributed by atoms with Crippen molar-refractivity contribution in [3.63, 3.8) is 0 Å². The van der Waals surface area contributed by atoms with Crippen molar-refractivity contribution in [1.29, 1.82) is 0 Å². The van der Waals surface area contributed by atoms with Gasteiger partial charge < -0.3 is 5.32 Å². The summed E-state index contributed by atoms with van der Waals surface area (Å²) in [5, 5.41) is 3.48. The molecule has 0 radical (unpaired) electrons. The summed E-state index contributed by atoms with van der Waals surface area (Å²) in [5.74, 6) is -0.0457. The van der Waals surface area contributed by atoms with Gasteiger partial charge in [-0.3, -0.25) is 9.10 Å². The van der Waals surface area contributed by atoms with Gasteiger partial charge in [0.2, 0.25) is 5.91 Å². The average Bonchev–Trinajstić information content (AvgIpc) is 2.79. The molecule has 34 heavy (non-hydrogen) atoms. The van der Waals surface area contributed by atoms with E-state index in [1.54, 1.807) is 42.5 Å². The van der Waals surface area contributed by atoms with E-state index in [1.165, 1.54) is 0 Å². The van der Waals surface area contributed by atoms with Crippen LogP contribution in [0.4, 0.5) is 5.69 Å². The number of carbonyl (C=O) groups excluding carboxylic acids is 1. The summed E-state index contributed by atoms with van der Waals surface area (Å²) in [6, 6.07) is 21.1. The predicted octanol–water partition coefficient (Wildman–Crippen LogP) is 6.06. The molecule has 1 N–H and O–H groups in total. The van der Waals surface area contributed by atoms with E-state index in [2.05, 4.69) is 19.2 Å². The highest BCUT2D eigenvalue weighted by atomic mass is 35.5. The van der Waals surface area contributed by atoms with Crippen LogP contribution in [0.5, 0.6) is 0 Å². The molecule has 0 spiro atoms. The van der Waals surface area contributed by atoms with E-state index in [0.29, 0.717) is 16.6 Å². The van der Waals surface area contributed by atoms with Crippen molar-refractivity contribution in [2.45, 2.75) is 45.1 Å². The van der Waals surface area contributed by atoms with E-state index in [0.717, 1.165) is 27.4 Å². The van der Waals surface area contributed by atoms with Gasteiger partial charge in [-0.05, 0) is 61.6 Å². The van der Waals surface area contributed by atoms with Gasteiger partial charge in [0, 0.05) is 5.02 Å². The van der Waals surface area contributed by atoms with Crippen molar-refractivity contribution in [3.8, 4) is 0 Å². The Morgan fingerprint density at radius 3 is 2.21 bits per heavy atom. The number of sulfonamides is 1. The highest BCUT2D eigenvalue weighted by molar-refractivity contribution is 7.92. The standard InChI is InChI=1S/C27H31ClN2O3S/c1-19(2)16-26(22-8-6-5-7-9-22)29-27(31)18-30(23-13-12-21(4)25(28)17-23)34(32,33)24-14-10-20(3)11-15-24/h5-15,17,19,26H,16,18H2,1-4H3,(H,29,31)/t26-/m0/s1. The highest BCUT2D eigenvalue weighted by Gasteiger charge is 2.28. The summed E-state index contributed by atoms with van der Waals surface area (Å²) >= 11 is 6.31. The lowest BCUT2D eigenvalue weighted by molar-refractivity contribution is -0.120. The molecule has 3 aromatic rings. The molecule has 3 aromatic carbocycles. The third kappa shape index (κ3) is 6.39. The first-order chi connectivity index (χ1) is 16.1. The topological polar surface area (TPSA) is 66.5 Å². The van der Waals surface area contributed by atoms with E-state index in [1.807, 2.05) is 44.2 Å². The van der Waals surface area contributed by atoms with Crippen LogP contribution >= 0.6 is 11.6 Å². The fourth-order valence-corrected chi connectivity index (χ4v) is 5.28. The Balaban J connectivity index is 1.95. The molecule has 0 aliphatic rings. The largest absolute Gasteiger partial charge is 0.348 e. The smallest absolute Gasteiger partial charge is 0.264 e. The lowest BCUT2D eigenvalue weighted by Gasteiger charge is -2.27. The normalized spacial score (nSPS) is 12.4. The first-order valence-electron chi connectivity index (χ1n) is 11.3. The Hall–Kier alpha value is -2.83. The van der Waals surface area contributed by atoms with Crippen LogP contribution in [-0.2, 0) is 14.8 Å². The maximum Gasteiger partial charge on any atom is 0.264 e. The minimum absolute atomic E-state index is 0.115. The molecule has 0 bridgehead atoms. The van der Waals surface area contributed by atoms with E-state index < -0.39 is 10.0 Å². The minimum Gasteiger partial charge on any atom is -0.348 e. The number of hydrogen-bond donors (Lipinski definition) is 1. The molecular weight excluding hydrogens is 468 g/mol. The highest BCUT2D eigenvalue weighted by Crippen LogP contribution is 2.28. The number of benzene rings is 3. The summed E-state index contributed by atoms with van der Waals surface area (Å²) in [4.78, 5) is 13.3. The molecule has 7 heteroatoms. The molecular formula is C27H31ClN2O3S. The summed E-state index contributed by atoms with van der Waals surface area (Å²) in [6.07, 6.45) is 0.733. The number of amides is 1. The molecule has 0 saturated heterocycles. The first-order valence-corrected chi connectivity index (χ1v) is 13.1. The zero-order chi connectivity index (χ0) is 24.9. The van der Waals surface area contributed by atoms with E-state index in [4.69, 9.17) is 11.6 Å². The average molecular weight is 499 g/mol. The van der Waals surface area contributed by atoms with Gasteiger partial charge in [0.25, 0.3) is 10.0 Å². The summed E-state index contributed by atoms with van der Waals surface area (Å²) in [7, 11) is -4.01. The number of hydrogen-bond acceptors (Lipinski definition) is 3. The first kappa shape index (κ1) is 25.8. The molecule has 1 atom stereocenters. The molecule has 5 nitrogen and oxygen atoms in total. The lowest BCUT2D eigenvalue weighted by atomic mass is 9.97. The summed E-state index contributed by atoms with van der Waals surface area (Å²) < 4.78 is 28.3. The molecule has 3 rings (SSSR count). The number of halogens is 1. The Morgan fingerprint density at radius 2 is 1.62 bits per heavy atom. The quantitative estimate of drug-likeness (QED) is 0.390. The third-order valence-corrected chi connectivity index (χ3v) is 7.78. The molecule has 0 aliphatic carbocycles. The molecule has 0 aliphatic heterocycles. The van der Waals surface area contributed by atoms with Gasteiger partial charge in [0.05, 0.1) is 16.6 Å². The number of carbonyl (C=O) groups is 1. The van der Waals surface area contributed by atoms with E-state index >= 15 is 0 Å². The van der Waals surface area contributed by atoms with Gasteiger partial charge in [-0.2, -0.15) is 0 Å². The molecule has 0 aromatic heterocycles. The second-order valence-electron chi connectivity index (χ2n) is 8.92. The van der Waals surface area contributed by atoms with Crippen LogP contribution in [0.25, 0.3) is 0 Å². The Labute approximate surface area is 207 Å². The van der Waals surface area contributed by atoms with Crippen molar-refractivity contribution in [3.05, 3.63) is 94.5 Å². The van der Waals surface area contributed by atoms with Gasteiger partial charge in [-0.15, -0.1) is 0 Å². The van der Waals surface area contributed by atoms with Gasteiger partial charge >= 0.3 is 0 Å². The van der Waals surface area contributed by atoms with Gasteiger partial charge in [-0.25, -0.2) is 8.42 Å². The predicted molar refractivity (Wildman–Crippen MR) is 139 cm³/mol. The van der Waals surface area contributed by atoms with E-state index in [9.17, 15) is 13.2 Å². The molecule has 0 heterocycles. The Kier molecular flexibility index (Phi) is 8.39. The number of rotatable bonds is 9. The molecule has 0 saturated carbocycles. The van der Waals surface area contributed by atoms with Gasteiger partial charge in [0.1, 0.15) is 6.54 Å². The maximum atomic E-state index is 13.6. The van der Waals surface area contributed by atoms with E-state index in [-0.39, 0.29) is 23.4 Å². The maximum absolute atomic E-state index is 13.6. The zero-order valence-corrected chi connectivity index (χ0v) is 21.5. The van der Waals surface area contributed by atoms with Gasteiger partial charge in [0.15, 0.2) is 0 Å². The monoisotopic (exact) mass is 498 g/mol. The van der Waals surface area contributed by atoms with Crippen LogP contribution in [-0.4, -0.2) is 20.9 Å². The minimum atomic E-state index is -4.01. The zero-order valence-electron chi connectivity index (χ0n) is 20.0. The number of aryl methyl sites for hydroxylation is 2. The molecule has 180 valence electrons.